The lowest BCUT2D eigenvalue weighted by molar-refractivity contribution is 0.170. The van der Waals surface area contributed by atoms with Gasteiger partial charge in [0.2, 0.25) is 0 Å². The molecule has 102 valence electrons. The summed E-state index contributed by atoms with van der Waals surface area (Å²) in [6, 6.07) is 4.39. The van der Waals surface area contributed by atoms with Crippen LogP contribution in [-0.2, 0) is 14.8 Å². The molecule has 0 aliphatic heterocycles. The van der Waals surface area contributed by atoms with Crippen molar-refractivity contribution in [3.8, 4) is 0 Å². The third-order valence-corrected chi connectivity index (χ3v) is 3.38. The Bertz CT molecular complexity index is 332. The van der Waals surface area contributed by atoms with E-state index in [9.17, 15) is 0 Å². The SMILES string of the molecule is COCCN(c1ccc(CBr)cn1)C(C)COC. The fourth-order valence-corrected chi connectivity index (χ4v) is 2.08. The first-order valence-corrected chi connectivity index (χ1v) is 7.10. The van der Waals surface area contributed by atoms with Gasteiger partial charge in [0.15, 0.2) is 0 Å². The van der Waals surface area contributed by atoms with Crippen molar-refractivity contribution in [3.05, 3.63) is 23.9 Å². The fraction of sp³-hybridized carbons (Fsp3) is 0.615. The quantitative estimate of drug-likeness (QED) is 0.690. The molecule has 0 aliphatic carbocycles. The summed E-state index contributed by atoms with van der Waals surface area (Å²) in [6.45, 7) is 4.28. The molecule has 5 heteroatoms. The van der Waals surface area contributed by atoms with Crippen LogP contribution in [-0.4, -0.2) is 45.0 Å². The first kappa shape index (κ1) is 15.4. The second kappa shape index (κ2) is 8.45. The van der Waals surface area contributed by atoms with Gasteiger partial charge in [0.25, 0.3) is 0 Å². The summed E-state index contributed by atoms with van der Waals surface area (Å²) in [5.41, 5.74) is 1.17. The minimum Gasteiger partial charge on any atom is -0.383 e. The first-order valence-electron chi connectivity index (χ1n) is 5.98. The summed E-state index contributed by atoms with van der Waals surface area (Å²) >= 11 is 3.42. The summed E-state index contributed by atoms with van der Waals surface area (Å²) in [5, 5.41) is 0.825. The molecular weight excluding hydrogens is 296 g/mol. The Labute approximate surface area is 117 Å². The van der Waals surface area contributed by atoms with Crippen LogP contribution in [0.15, 0.2) is 18.3 Å². The minimum atomic E-state index is 0.271. The fourth-order valence-electron chi connectivity index (χ4n) is 1.75. The predicted molar refractivity (Wildman–Crippen MR) is 77.4 cm³/mol. The number of pyridine rings is 1. The average Bonchev–Trinajstić information content (AvgIpc) is 2.40. The average molecular weight is 317 g/mol. The third-order valence-electron chi connectivity index (χ3n) is 2.73. The topological polar surface area (TPSA) is 34.6 Å². The van der Waals surface area contributed by atoms with Crippen LogP contribution < -0.4 is 4.90 Å². The zero-order valence-electron chi connectivity index (χ0n) is 11.2. The smallest absolute Gasteiger partial charge is 0.128 e. The Morgan fingerprint density at radius 3 is 2.61 bits per heavy atom. The lowest BCUT2D eigenvalue weighted by atomic mass is 10.2. The first-order chi connectivity index (χ1) is 8.72. The number of nitrogens with zero attached hydrogens (tertiary/aromatic N) is 2. The lowest BCUT2D eigenvalue weighted by Gasteiger charge is -2.29. The standard InChI is InChI=1S/C13H21BrN2O2/c1-11(10-18-3)16(6-7-17-2)13-5-4-12(8-14)9-15-13/h4-5,9,11H,6-8,10H2,1-3H3. The highest BCUT2D eigenvalue weighted by Crippen LogP contribution is 2.15. The highest BCUT2D eigenvalue weighted by atomic mass is 79.9. The summed E-state index contributed by atoms with van der Waals surface area (Å²) < 4.78 is 10.4. The zero-order chi connectivity index (χ0) is 13.4. The maximum absolute atomic E-state index is 5.21. The molecule has 0 saturated carbocycles. The Morgan fingerprint density at radius 1 is 1.33 bits per heavy atom. The molecule has 1 aromatic rings. The van der Waals surface area contributed by atoms with E-state index in [1.54, 1.807) is 14.2 Å². The maximum atomic E-state index is 5.21. The van der Waals surface area contributed by atoms with Gasteiger partial charge in [-0.15, -0.1) is 0 Å². The van der Waals surface area contributed by atoms with E-state index in [1.807, 2.05) is 12.3 Å². The van der Waals surface area contributed by atoms with Gasteiger partial charge < -0.3 is 14.4 Å². The predicted octanol–water partition coefficient (Wildman–Crippen LogP) is 2.46. The van der Waals surface area contributed by atoms with E-state index in [1.165, 1.54) is 5.56 Å². The number of methoxy groups -OCH3 is 2. The van der Waals surface area contributed by atoms with Gasteiger partial charge in [-0.05, 0) is 18.6 Å². The summed E-state index contributed by atoms with van der Waals surface area (Å²) in [7, 11) is 3.42. The molecular formula is C13H21BrN2O2. The third kappa shape index (κ3) is 4.55. The van der Waals surface area contributed by atoms with Crippen LogP contribution in [0.4, 0.5) is 5.82 Å². The number of aromatic nitrogens is 1. The second-order valence-corrected chi connectivity index (χ2v) is 4.71. The second-order valence-electron chi connectivity index (χ2n) is 4.15. The highest BCUT2D eigenvalue weighted by Gasteiger charge is 2.15. The van der Waals surface area contributed by atoms with Gasteiger partial charge in [-0.3, -0.25) is 0 Å². The van der Waals surface area contributed by atoms with Crippen LogP contribution in [0.3, 0.4) is 0 Å². The number of alkyl halides is 1. The molecule has 4 nitrogen and oxygen atoms in total. The molecule has 0 amide bonds. The Balaban J connectivity index is 2.79. The number of hydrogen-bond donors (Lipinski definition) is 0. The molecule has 0 N–H and O–H groups in total. The van der Waals surface area contributed by atoms with E-state index in [-0.39, 0.29) is 6.04 Å². The normalized spacial score (nSPS) is 12.4. The van der Waals surface area contributed by atoms with Crippen LogP contribution in [0.5, 0.6) is 0 Å². The van der Waals surface area contributed by atoms with Gasteiger partial charge in [-0.1, -0.05) is 22.0 Å². The van der Waals surface area contributed by atoms with E-state index in [0.29, 0.717) is 13.2 Å². The molecule has 0 saturated heterocycles. The monoisotopic (exact) mass is 316 g/mol. The van der Waals surface area contributed by atoms with Crippen molar-refractivity contribution in [1.29, 1.82) is 0 Å². The van der Waals surface area contributed by atoms with Crippen molar-refractivity contribution < 1.29 is 9.47 Å². The number of hydrogen-bond acceptors (Lipinski definition) is 4. The summed E-state index contributed by atoms with van der Waals surface area (Å²) in [5.74, 6) is 0.960. The van der Waals surface area contributed by atoms with Gasteiger partial charge in [0, 0.05) is 32.3 Å². The molecule has 18 heavy (non-hydrogen) atoms. The van der Waals surface area contributed by atoms with Crippen LogP contribution in [0.1, 0.15) is 12.5 Å². The van der Waals surface area contributed by atoms with Gasteiger partial charge >= 0.3 is 0 Å². The summed E-state index contributed by atoms with van der Waals surface area (Å²) in [6.07, 6.45) is 1.89. The molecule has 0 fully saturated rings. The summed E-state index contributed by atoms with van der Waals surface area (Å²) in [4.78, 5) is 6.69. The van der Waals surface area contributed by atoms with E-state index in [2.05, 4.69) is 38.8 Å². The molecule has 0 aliphatic rings. The molecule has 1 unspecified atom stereocenters. The van der Waals surface area contributed by atoms with E-state index in [0.717, 1.165) is 17.7 Å². The molecule has 1 rings (SSSR count). The highest BCUT2D eigenvalue weighted by molar-refractivity contribution is 9.08. The molecule has 1 heterocycles. The van der Waals surface area contributed by atoms with Crippen LogP contribution in [0.2, 0.25) is 0 Å². The van der Waals surface area contributed by atoms with Crippen molar-refractivity contribution in [2.75, 3.05) is 38.9 Å². The van der Waals surface area contributed by atoms with E-state index < -0.39 is 0 Å². The largest absolute Gasteiger partial charge is 0.383 e. The van der Waals surface area contributed by atoms with Crippen molar-refractivity contribution in [2.45, 2.75) is 18.3 Å². The Hall–Kier alpha value is -0.650. The molecule has 0 radical (unpaired) electrons. The lowest BCUT2D eigenvalue weighted by Crippen LogP contribution is -2.39. The van der Waals surface area contributed by atoms with Crippen molar-refractivity contribution in [3.63, 3.8) is 0 Å². The van der Waals surface area contributed by atoms with Crippen molar-refractivity contribution in [1.82, 2.24) is 4.98 Å². The molecule has 0 aromatic carbocycles. The van der Waals surface area contributed by atoms with Gasteiger partial charge in [0.05, 0.1) is 19.3 Å². The number of ether oxygens (including phenoxy) is 2. The molecule has 0 bridgehead atoms. The van der Waals surface area contributed by atoms with Crippen LogP contribution in [0.25, 0.3) is 0 Å². The van der Waals surface area contributed by atoms with Crippen LogP contribution in [0, 0.1) is 0 Å². The van der Waals surface area contributed by atoms with E-state index in [4.69, 9.17) is 9.47 Å². The Morgan fingerprint density at radius 2 is 2.11 bits per heavy atom. The van der Waals surface area contributed by atoms with Gasteiger partial charge in [-0.25, -0.2) is 4.98 Å². The number of rotatable bonds is 8. The number of anilines is 1. The molecule has 1 atom stereocenters. The van der Waals surface area contributed by atoms with Crippen LogP contribution >= 0.6 is 15.9 Å². The molecule has 0 spiro atoms. The van der Waals surface area contributed by atoms with Gasteiger partial charge in [-0.2, -0.15) is 0 Å². The Kier molecular flexibility index (Phi) is 7.23. The number of halogens is 1. The minimum absolute atomic E-state index is 0.271. The van der Waals surface area contributed by atoms with Gasteiger partial charge in [0.1, 0.15) is 5.82 Å². The van der Waals surface area contributed by atoms with E-state index >= 15 is 0 Å². The zero-order valence-corrected chi connectivity index (χ0v) is 12.8. The van der Waals surface area contributed by atoms with Crippen molar-refractivity contribution in [2.24, 2.45) is 0 Å². The van der Waals surface area contributed by atoms with Crippen molar-refractivity contribution >= 4 is 21.7 Å². The maximum Gasteiger partial charge on any atom is 0.128 e. The molecule has 1 aromatic heterocycles.